The van der Waals surface area contributed by atoms with Gasteiger partial charge in [0, 0.05) is 28.5 Å². The molecule has 2 atom stereocenters. The first-order valence-electron chi connectivity index (χ1n) is 8.91. The van der Waals surface area contributed by atoms with Gasteiger partial charge < -0.3 is 10.2 Å². The number of hydrogen-bond donors (Lipinski definition) is 1. The lowest BCUT2D eigenvalue weighted by Crippen LogP contribution is -2.61. The second-order valence-corrected chi connectivity index (χ2v) is 7.58. The van der Waals surface area contributed by atoms with E-state index >= 15 is 0 Å². The van der Waals surface area contributed by atoms with E-state index in [0.717, 1.165) is 20.9 Å². The number of halogens is 1. The lowest BCUT2D eigenvalue weighted by molar-refractivity contribution is -0.143. The predicted molar refractivity (Wildman–Crippen MR) is 113 cm³/mol. The van der Waals surface area contributed by atoms with Crippen molar-refractivity contribution in [2.45, 2.75) is 12.0 Å². The Hall–Kier alpha value is -2.99. The third-order valence-electron chi connectivity index (χ3n) is 5.03. The standard InChI is InChI=1S/C22H18BrN3O2/c1-2-19(27)26-13-17(14-8-10-16(23)11-9-14)21(26)22(28)25-18-7-3-5-15-6-4-12-24-20(15)18/h2-12,17,21H,1,13H2,(H,25,28)/t17-,21+/m0/s1. The van der Waals surface area contributed by atoms with Crippen LogP contribution in [0.2, 0.25) is 0 Å². The third-order valence-corrected chi connectivity index (χ3v) is 5.55. The minimum absolute atomic E-state index is 0.0695. The first kappa shape index (κ1) is 18.4. The summed E-state index contributed by atoms with van der Waals surface area (Å²) in [5, 5.41) is 3.91. The number of aromatic nitrogens is 1. The molecule has 1 saturated heterocycles. The van der Waals surface area contributed by atoms with Gasteiger partial charge in [0.2, 0.25) is 11.8 Å². The van der Waals surface area contributed by atoms with Crippen molar-refractivity contribution in [2.75, 3.05) is 11.9 Å². The Kier molecular flexibility index (Phi) is 4.96. The molecule has 0 spiro atoms. The number of amides is 2. The van der Waals surface area contributed by atoms with Gasteiger partial charge in [0.25, 0.3) is 0 Å². The summed E-state index contributed by atoms with van der Waals surface area (Å²) in [5.74, 6) is -0.544. The van der Waals surface area contributed by atoms with E-state index < -0.39 is 6.04 Å². The number of likely N-dealkylation sites (tertiary alicyclic amines) is 1. The zero-order valence-electron chi connectivity index (χ0n) is 15.0. The molecule has 4 rings (SSSR count). The summed E-state index contributed by atoms with van der Waals surface area (Å²) in [7, 11) is 0. The number of benzene rings is 2. The Morgan fingerprint density at radius 1 is 1.14 bits per heavy atom. The molecule has 0 aliphatic carbocycles. The van der Waals surface area contributed by atoms with E-state index in [1.165, 1.54) is 6.08 Å². The second-order valence-electron chi connectivity index (χ2n) is 6.67. The van der Waals surface area contributed by atoms with Crippen molar-refractivity contribution >= 4 is 44.3 Å². The summed E-state index contributed by atoms with van der Waals surface area (Å²) >= 11 is 3.43. The smallest absolute Gasteiger partial charge is 0.247 e. The number of anilines is 1. The van der Waals surface area contributed by atoms with Crippen LogP contribution in [0.5, 0.6) is 0 Å². The maximum atomic E-state index is 13.1. The molecule has 0 bridgehead atoms. The SMILES string of the molecule is C=CC(=O)N1C[C@@H](c2ccc(Br)cc2)[C@@H]1C(=O)Nc1cccc2cccnc12. The number of nitrogens with one attached hydrogen (secondary N) is 1. The maximum absolute atomic E-state index is 13.1. The number of hydrogen-bond acceptors (Lipinski definition) is 3. The number of nitrogens with zero attached hydrogens (tertiary/aromatic N) is 2. The average Bonchev–Trinajstić information content (AvgIpc) is 2.69. The van der Waals surface area contributed by atoms with Crippen molar-refractivity contribution in [1.29, 1.82) is 0 Å². The highest BCUT2D eigenvalue weighted by molar-refractivity contribution is 9.10. The summed E-state index contributed by atoms with van der Waals surface area (Å²) in [5.41, 5.74) is 2.38. The van der Waals surface area contributed by atoms with Crippen LogP contribution < -0.4 is 5.32 Å². The molecule has 28 heavy (non-hydrogen) atoms. The quantitative estimate of drug-likeness (QED) is 0.626. The van der Waals surface area contributed by atoms with E-state index in [4.69, 9.17) is 0 Å². The van der Waals surface area contributed by atoms with Gasteiger partial charge >= 0.3 is 0 Å². The Balaban J connectivity index is 1.64. The van der Waals surface area contributed by atoms with E-state index in [0.29, 0.717) is 12.2 Å². The molecule has 2 heterocycles. The van der Waals surface area contributed by atoms with Crippen LogP contribution in [-0.2, 0) is 9.59 Å². The third kappa shape index (κ3) is 3.31. The molecule has 1 N–H and O–H groups in total. The second kappa shape index (κ2) is 7.56. The Morgan fingerprint density at radius 2 is 1.89 bits per heavy atom. The molecular formula is C22H18BrN3O2. The number of para-hydroxylation sites is 1. The van der Waals surface area contributed by atoms with Gasteiger partial charge in [0.15, 0.2) is 0 Å². The molecule has 0 unspecified atom stereocenters. The van der Waals surface area contributed by atoms with Crippen LogP contribution in [0.25, 0.3) is 10.9 Å². The molecule has 1 aliphatic rings. The van der Waals surface area contributed by atoms with Crippen LogP contribution in [0, 0.1) is 0 Å². The van der Waals surface area contributed by atoms with E-state index in [1.807, 2.05) is 54.6 Å². The number of carbonyl (C=O) groups excluding carboxylic acids is 2. The number of fused-ring (bicyclic) bond motifs is 1. The number of rotatable bonds is 4. The number of carbonyl (C=O) groups is 2. The molecule has 2 aromatic carbocycles. The summed E-state index contributed by atoms with van der Waals surface area (Å²) in [6, 6.07) is 16.7. The average molecular weight is 436 g/mol. The molecule has 5 nitrogen and oxygen atoms in total. The van der Waals surface area contributed by atoms with Crippen LogP contribution in [0.4, 0.5) is 5.69 Å². The fourth-order valence-electron chi connectivity index (χ4n) is 3.58. The summed E-state index contributed by atoms with van der Waals surface area (Å²) in [6.07, 6.45) is 2.94. The van der Waals surface area contributed by atoms with Gasteiger partial charge in [-0.1, -0.05) is 52.8 Å². The molecule has 140 valence electrons. The highest BCUT2D eigenvalue weighted by Crippen LogP contribution is 2.36. The molecule has 1 fully saturated rings. The van der Waals surface area contributed by atoms with Crippen molar-refractivity contribution in [3.05, 3.63) is 83.5 Å². The van der Waals surface area contributed by atoms with Crippen LogP contribution >= 0.6 is 15.9 Å². The summed E-state index contributed by atoms with van der Waals surface area (Å²) in [6.45, 7) is 4.04. The van der Waals surface area contributed by atoms with Gasteiger partial charge in [-0.15, -0.1) is 0 Å². The van der Waals surface area contributed by atoms with Gasteiger partial charge in [-0.3, -0.25) is 14.6 Å². The van der Waals surface area contributed by atoms with E-state index in [9.17, 15) is 9.59 Å². The first-order valence-corrected chi connectivity index (χ1v) is 9.71. The number of pyridine rings is 1. The van der Waals surface area contributed by atoms with Crippen molar-refractivity contribution in [3.63, 3.8) is 0 Å². The zero-order chi connectivity index (χ0) is 19.7. The molecule has 2 amide bonds. The van der Waals surface area contributed by atoms with Crippen LogP contribution in [0.15, 0.2) is 77.9 Å². The Morgan fingerprint density at radius 3 is 2.64 bits per heavy atom. The molecule has 3 aromatic rings. The largest absolute Gasteiger partial charge is 0.326 e. The van der Waals surface area contributed by atoms with Crippen molar-refractivity contribution in [2.24, 2.45) is 0 Å². The van der Waals surface area contributed by atoms with Crippen LogP contribution in [0.3, 0.4) is 0 Å². The van der Waals surface area contributed by atoms with Crippen molar-refractivity contribution in [3.8, 4) is 0 Å². The Labute approximate surface area is 171 Å². The van der Waals surface area contributed by atoms with E-state index in [1.54, 1.807) is 11.1 Å². The molecular weight excluding hydrogens is 418 g/mol. The van der Waals surface area contributed by atoms with Gasteiger partial charge in [-0.2, -0.15) is 0 Å². The topological polar surface area (TPSA) is 62.3 Å². The van der Waals surface area contributed by atoms with Gasteiger partial charge in [0.05, 0.1) is 11.2 Å². The lowest BCUT2D eigenvalue weighted by Gasteiger charge is -2.46. The predicted octanol–water partition coefficient (Wildman–Crippen LogP) is 4.12. The highest BCUT2D eigenvalue weighted by atomic mass is 79.9. The van der Waals surface area contributed by atoms with Crippen LogP contribution in [0.1, 0.15) is 11.5 Å². The van der Waals surface area contributed by atoms with Gasteiger partial charge in [-0.25, -0.2) is 0 Å². The highest BCUT2D eigenvalue weighted by Gasteiger charge is 2.46. The summed E-state index contributed by atoms with van der Waals surface area (Å²) in [4.78, 5) is 31.3. The van der Waals surface area contributed by atoms with Gasteiger partial charge in [-0.05, 0) is 35.9 Å². The van der Waals surface area contributed by atoms with Crippen LogP contribution in [-0.4, -0.2) is 34.3 Å². The van der Waals surface area contributed by atoms with E-state index in [-0.39, 0.29) is 17.7 Å². The van der Waals surface area contributed by atoms with E-state index in [2.05, 4.69) is 32.8 Å². The van der Waals surface area contributed by atoms with Crippen molar-refractivity contribution in [1.82, 2.24) is 9.88 Å². The first-order chi connectivity index (χ1) is 13.6. The zero-order valence-corrected chi connectivity index (χ0v) is 16.6. The lowest BCUT2D eigenvalue weighted by atomic mass is 9.81. The summed E-state index contributed by atoms with van der Waals surface area (Å²) < 4.78 is 0.970. The normalized spacial score (nSPS) is 18.4. The maximum Gasteiger partial charge on any atom is 0.247 e. The molecule has 6 heteroatoms. The molecule has 0 saturated carbocycles. The molecule has 1 aliphatic heterocycles. The Bertz CT molecular complexity index is 1060. The monoisotopic (exact) mass is 435 g/mol. The minimum Gasteiger partial charge on any atom is -0.326 e. The fourth-order valence-corrected chi connectivity index (χ4v) is 3.85. The molecule has 1 aromatic heterocycles. The minimum atomic E-state index is -0.592. The van der Waals surface area contributed by atoms with Gasteiger partial charge in [0.1, 0.15) is 6.04 Å². The van der Waals surface area contributed by atoms with Crippen molar-refractivity contribution < 1.29 is 9.59 Å². The molecule has 0 radical (unpaired) electrons. The fraction of sp³-hybridized carbons (Fsp3) is 0.136.